The third-order valence-corrected chi connectivity index (χ3v) is 1.69. The fraction of sp³-hybridized carbons (Fsp3) is 0.556. The molecule has 0 bridgehead atoms. The van der Waals surface area contributed by atoms with Crippen LogP contribution in [0.3, 0.4) is 0 Å². The lowest BCUT2D eigenvalue weighted by Gasteiger charge is -2.17. The molecular formula is C9H14N2O. The highest BCUT2D eigenvalue weighted by Crippen LogP contribution is 2.21. The second-order valence-electron chi connectivity index (χ2n) is 3.91. The molecule has 0 amide bonds. The average Bonchev–Trinajstić information content (AvgIpc) is 1.92. The van der Waals surface area contributed by atoms with Gasteiger partial charge in [-0.3, -0.25) is 4.98 Å². The lowest BCUT2D eigenvalue weighted by molar-refractivity contribution is 0.440. The van der Waals surface area contributed by atoms with Gasteiger partial charge in [-0.05, 0) is 6.92 Å². The molecule has 3 heteroatoms. The van der Waals surface area contributed by atoms with Gasteiger partial charge in [0.05, 0.1) is 17.6 Å². The van der Waals surface area contributed by atoms with Crippen LogP contribution in [-0.2, 0) is 5.41 Å². The molecule has 1 N–H and O–H groups in total. The molecular weight excluding hydrogens is 152 g/mol. The summed E-state index contributed by atoms with van der Waals surface area (Å²) in [5, 5.41) is 9.14. The molecule has 1 heterocycles. The van der Waals surface area contributed by atoms with Gasteiger partial charge in [0.2, 0.25) is 5.88 Å². The molecule has 1 rings (SSSR count). The number of nitrogens with zero attached hydrogens (tertiary/aromatic N) is 2. The van der Waals surface area contributed by atoms with Crippen LogP contribution < -0.4 is 0 Å². The third kappa shape index (κ3) is 1.72. The van der Waals surface area contributed by atoms with E-state index in [0.717, 1.165) is 5.69 Å². The minimum Gasteiger partial charge on any atom is -0.492 e. The molecule has 0 aliphatic heterocycles. The molecule has 0 radical (unpaired) electrons. The monoisotopic (exact) mass is 166 g/mol. The summed E-state index contributed by atoms with van der Waals surface area (Å²) in [6.07, 6.45) is 1.61. The molecule has 0 atom stereocenters. The van der Waals surface area contributed by atoms with Crippen LogP contribution in [0, 0.1) is 6.92 Å². The Hall–Kier alpha value is -1.12. The highest BCUT2D eigenvalue weighted by molar-refractivity contribution is 5.19. The van der Waals surface area contributed by atoms with Crippen LogP contribution in [0.1, 0.15) is 32.2 Å². The van der Waals surface area contributed by atoms with Gasteiger partial charge in [0.1, 0.15) is 0 Å². The van der Waals surface area contributed by atoms with Crippen LogP contribution in [-0.4, -0.2) is 15.1 Å². The Bertz CT molecular complexity index is 289. The van der Waals surface area contributed by atoms with Crippen LogP contribution in [0.4, 0.5) is 0 Å². The van der Waals surface area contributed by atoms with Crippen molar-refractivity contribution in [2.45, 2.75) is 33.1 Å². The molecule has 0 unspecified atom stereocenters. The second-order valence-corrected chi connectivity index (χ2v) is 3.91. The minimum atomic E-state index is -0.00847. The van der Waals surface area contributed by atoms with Gasteiger partial charge < -0.3 is 5.11 Å². The number of aryl methyl sites for hydroxylation is 1. The lowest BCUT2D eigenvalue weighted by atomic mass is 9.93. The zero-order valence-corrected chi connectivity index (χ0v) is 7.92. The summed E-state index contributed by atoms with van der Waals surface area (Å²) in [5.41, 5.74) is 1.48. The van der Waals surface area contributed by atoms with E-state index < -0.39 is 0 Å². The fourth-order valence-electron chi connectivity index (χ4n) is 0.837. The highest BCUT2D eigenvalue weighted by Gasteiger charge is 2.16. The van der Waals surface area contributed by atoms with Crippen molar-refractivity contribution in [3.8, 4) is 5.88 Å². The third-order valence-electron chi connectivity index (χ3n) is 1.69. The maximum atomic E-state index is 9.14. The molecule has 0 saturated carbocycles. The Morgan fingerprint density at radius 2 is 1.92 bits per heavy atom. The van der Waals surface area contributed by atoms with E-state index in [4.69, 9.17) is 5.11 Å². The van der Waals surface area contributed by atoms with Crippen LogP contribution in [0.5, 0.6) is 5.88 Å². The van der Waals surface area contributed by atoms with Gasteiger partial charge in [-0.2, -0.15) is 0 Å². The molecule has 12 heavy (non-hydrogen) atoms. The molecule has 1 aromatic rings. The second kappa shape index (κ2) is 2.73. The number of hydrogen-bond acceptors (Lipinski definition) is 3. The van der Waals surface area contributed by atoms with E-state index in [1.165, 1.54) is 0 Å². The molecule has 0 saturated heterocycles. The van der Waals surface area contributed by atoms with Crippen LogP contribution in [0.15, 0.2) is 6.20 Å². The summed E-state index contributed by atoms with van der Waals surface area (Å²) in [6, 6.07) is 0. The molecule has 1 aromatic heterocycles. The maximum absolute atomic E-state index is 9.14. The summed E-state index contributed by atoms with van der Waals surface area (Å²) in [5.74, 6) is 0.0167. The minimum absolute atomic E-state index is 0.00847. The molecule has 3 nitrogen and oxygen atoms in total. The Morgan fingerprint density at radius 3 is 2.33 bits per heavy atom. The van der Waals surface area contributed by atoms with Crippen LogP contribution >= 0.6 is 0 Å². The molecule has 0 fully saturated rings. The number of rotatable bonds is 0. The number of aromatic nitrogens is 2. The van der Waals surface area contributed by atoms with Crippen molar-refractivity contribution >= 4 is 0 Å². The summed E-state index contributed by atoms with van der Waals surface area (Å²) in [4.78, 5) is 8.07. The van der Waals surface area contributed by atoms with Crippen molar-refractivity contribution in [2.75, 3.05) is 0 Å². The largest absolute Gasteiger partial charge is 0.492 e. The Kier molecular flexibility index (Phi) is 2.04. The Balaban J connectivity index is 3.14. The fourth-order valence-corrected chi connectivity index (χ4v) is 0.837. The van der Waals surface area contributed by atoms with E-state index in [-0.39, 0.29) is 11.3 Å². The lowest BCUT2D eigenvalue weighted by Crippen LogP contribution is -2.14. The summed E-state index contributed by atoms with van der Waals surface area (Å²) in [7, 11) is 0. The molecule has 0 spiro atoms. The van der Waals surface area contributed by atoms with Crippen molar-refractivity contribution in [2.24, 2.45) is 0 Å². The van der Waals surface area contributed by atoms with Crippen molar-refractivity contribution < 1.29 is 5.11 Å². The first kappa shape index (κ1) is 8.97. The Labute approximate surface area is 72.5 Å². The normalized spacial score (nSPS) is 11.7. The van der Waals surface area contributed by atoms with Gasteiger partial charge in [-0.25, -0.2) is 4.98 Å². The predicted octanol–water partition coefficient (Wildman–Crippen LogP) is 1.79. The van der Waals surface area contributed by atoms with Crippen molar-refractivity contribution in [1.29, 1.82) is 0 Å². The smallest absolute Gasteiger partial charge is 0.232 e. The molecule has 0 aromatic carbocycles. The van der Waals surface area contributed by atoms with Gasteiger partial charge in [-0.15, -0.1) is 0 Å². The first-order valence-electron chi connectivity index (χ1n) is 3.94. The quantitative estimate of drug-likeness (QED) is 0.639. The van der Waals surface area contributed by atoms with E-state index >= 15 is 0 Å². The van der Waals surface area contributed by atoms with Gasteiger partial charge >= 0.3 is 0 Å². The molecule has 66 valence electrons. The molecule has 0 aliphatic carbocycles. The number of aromatic hydroxyl groups is 1. The van der Waals surface area contributed by atoms with Crippen molar-refractivity contribution in [1.82, 2.24) is 9.97 Å². The summed E-state index contributed by atoms with van der Waals surface area (Å²) in [6.45, 7) is 7.94. The van der Waals surface area contributed by atoms with Crippen LogP contribution in [0.2, 0.25) is 0 Å². The van der Waals surface area contributed by atoms with E-state index in [1.54, 1.807) is 13.1 Å². The van der Waals surface area contributed by atoms with Gasteiger partial charge in [0.25, 0.3) is 0 Å². The number of hydrogen-bond donors (Lipinski definition) is 1. The zero-order valence-electron chi connectivity index (χ0n) is 7.92. The van der Waals surface area contributed by atoms with Gasteiger partial charge in [-0.1, -0.05) is 20.8 Å². The standard InChI is InChI=1S/C9H14N2O/c1-6-8(12)10-5-7(11-6)9(2,3)4/h5H,1-4H3,(H,10,12). The van der Waals surface area contributed by atoms with Gasteiger partial charge in [0, 0.05) is 5.41 Å². The van der Waals surface area contributed by atoms with E-state index in [2.05, 4.69) is 30.7 Å². The molecule has 0 aliphatic rings. The first-order chi connectivity index (χ1) is 5.41. The highest BCUT2D eigenvalue weighted by atomic mass is 16.3. The maximum Gasteiger partial charge on any atom is 0.232 e. The van der Waals surface area contributed by atoms with E-state index in [9.17, 15) is 0 Å². The van der Waals surface area contributed by atoms with Crippen molar-refractivity contribution in [3.63, 3.8) is 0 Å². The summed E-state index contributed by atoms with van der Waals surface area (Å²) >= 11 is 0. The first-order valence-corrected chi connectivity index (χ1v) is 3.94. The van der Waals surface area contributed by atoms with E-state index in [0.29, 0.717) is 5.69 Å². The SMILES string of the molecule is Cc1nc(C(C)(C)C)cnc1O. The van der Waals surface area contributed by atoms with Crippen molar-refractivity contribution in [3.05, 3.63) is 17.6 Å². The predicted molar refractivity (Wildman–Crippen MR) is 47.1 cm³/mol. The topological polar surface area (TPSA) is 46.0 Å². The van der Waals surface area contributed by atoms with Gasteiger partial charge in [0.15, 0.2) is 0 Å². The van der Waals surface area contributed by atoms with Crippen LogP contribution in [0.25, 0.3) is 0 Å². The average molecular weight is 166 g/mol. The zero-order chi connectivity index (χ0) is 9.35. The summed E-state index contributed by atoms with van der Waals surface area (Å²) < 4.78 is 0. The Morgan fingerprint density at radius 1 is 1.33 bits per heavy atom. The van der Waals surface area contributed by atoms with E-state index in [1.807, 2.05) is 0 Å².